The number of rotatable bonds is 7. The Morgan fingerprint density at radius 3 is 2.68 bits per heavy atom. The lowest BCUT2D eigenvalue weighted by molar-refractivity contribution is -0.140. The summed E-state index contributed by atoms with van der Waals surface area (Å²) in [6.45, 7) is 4.38. The first-order valence-electron chi connectivity index (χ1n) is 7.17. The van der Waals surface area contributed by atoms with Gasteiger partial charge in [0.05, 0.1) is 5.69 Å². The maximum absolute atomic E-state index is 11.3. The first kappa shape index (κ1) is 16.9. The fourth-order valence-corrected chi connectivity index (χ4v) is 3.05. The van der Waals surface area contributed by atoms with E-state index in [1.165, 1.54) is 0 Å². The van der Waals surface area contributed by atoms with Gasteiger partial charge >= 0.3 is 5.97 Å². The zero-order chi connectivity index (χ0) is 16.1. The van der Waals surface area contributed by atoms with Crippen LogP contribution in [-0.4, -0.2) is 22.1 Å². The Bertz CT molecular complexity index is 627. The van der Waals surface area contributed by atoms with E-state index < -0.39 is 12.0 Å². The Morgan fingerprint density at radius 2 is 2.09 bits per heavy atom. The van der Waals surface area contributed by atoms with E-state index in [0.717, 1.165) is 22.7 Å². The molecule has 0 aliphatic heterocycles. The molecule has 0 amide bonds. The van der Waals surface area contributed by atoms with E-state index in [9.17, 15) is 9.90 Å². The second kappa shape index (κ2) is 7.72. The van der Waals surface area contributed by atoms with Gasteiger partial charge in [-0.1, -0.05) is 44.0 Å². The highest BCUT2D eigenvalue weighted by molar-refractivity contribution is 7.13. The number of benzene rings is 1. The van der Waals surface area contributed by atoms with Crippen molar-refractivity contribution in [1.82, 2.24) is 10.3 Å². The number of carbonyl (C=O) groups is 1. The second-order valence-corrected chi connectivity index (χ2v) is 6.53. The number of nitrogens with one attached hydrogen (secondary N) is 1. The van der Waals surface area contributed by atoms with Crippen molar-refractivity contribution in [2.24, 2.45) is 5.92 Å². The van der Waals surface area contributed by atoms with Crippen LogP contribution in [0.4, 0.5) is 0 Å². The van der Waals surface area contributed by atoms with Crippen LogP contribution in [-0.2, 0) is 11.3 Å². The number of hydrogen-bond acceptors (Lipinski definition) is 4. The van der Waals surface area contributed by atoms with Crippen molar-refractivity contribution >= 4 is 28.9 Å². The van der Waals surface area contributed by atoms with Crippen LogP contribution in [0.3, 0.4) is 0 Å². The van der Waals surface area contributed by atoms with Gasteiger partial charge in [-0.2, -0.15) is 0 Å². The van der Waals surface area contributed by atoms with Crippen LogP contribution in [0.25, 0.3) is 10.6 Å². The van der Waals surface area contributed by atoms with Crippen molar-refractivity contribution in [3.63, 3.8) is 0 Å². The molecule has 2 aromatic rings. The summed E-state index contributed by atoms with van der Waals surface area (Å²) >= 11 is 7.42. The molecule has 0 aliphatic rings. The molecule has 1 aromatic heterocycles. The van der Waals surface area contributed by atoms with Crippen molar-refractivity contribution < 1.29 is 9.90 Å². The van der Waals surface area contributed by atoms with Gasteiger partial charge in [-0.3, -0.25) is 10.1 Å². The largest absolute Gasteiger partial charge is 0.480 e. The molecule has 1 aromatic carbocycles. The third-order valence-electron chi connectivity index (χ3n) is 3.63. The fourth-order valence-electron chi connectivity index (χ4n) is 2.10. The quantitative estimate of drug-likeness (QED) is 0.799. The van der Waals surface area contributed by atoms with Crippen LogP contribution in [0.1, 0.15) is 26.0 Å². The van der Waals surface area contributed by atoms with Gasteiger partial charge < -0.3 is 5.11 Å². The van der Waals surface area contributed by atoms with Crippen LogP contribution < -0.4 is 5.32 Å². The molecule has 1 heterocycles. The molecule has 0 radical (unpaired) electrons. The third kappa shape index (κ3) is 4.29. The Morgan fingerprint density at radius 1 is 1.41 bits per heavy atom. The maximum atomic E-state index is 11.3. The molecule has 0 fully saturated rings. The summed E-state index contributed by atoms with van der Waals surface area (Å²) in [5.41, 5.74) is 1.86. The molecule has 6 heteroatoms. The van der Waals surface area contributed by atoms with Crippen molar-refractivity contribution in [2.45, 2.75) is 32.9 Å². The van der Waals surface area contributed by atoms with E-state index in [0.29, 0.717) is 11.6 Å². The molecule has 0 spiro atoms. The van der Waals surface area contributed by atoms with Crippen LogP contribution in [0.15, 0.2) is 29.6 Å². The smallest absolute Gasteiger partial charge is 0.320 e. The highest BCUT2D eigenvalue weighted by atomic mass is 35.5. The molecule has 0 aliphatic carbocycles. The Balaban J connectivity index is 2.02. The predicted octanol–water partition coefficient (Wildman–Crippen LogP) is 4.05. The number of nitrogens with zero attached hydrogens (tertiary/aromatic N) is 1. The highest BCUT2D eigenvalue weighted by Gasteiger charge is 2.22. The van der Waals surface area contributed by atoms with Gasteiger partial charge in [-0.15, -0.1) is 11.3 Å². The number of aliphatic carboxylic acids is 1. The highest BCUT2D eigenvalue weighted by Crippen LogP contribution is 2.25. The summed E-state index contributed by atoms with van der Waals surface area (Å²) in [5, 5.41) is 15.9. The molecule has 4 nitrogen and oxygen atoms in total. The standard InChI is InChI=1S/C16H19ClN2O2S/c1-3-10(2)14(16(20)21)18-8-13-9-22-15(19-13)11-4-6-12(17)7-5-11/h4-7,9-10,14,18H,3,8H2,1-2H3,(H,20,21)/t10-,14-/m0/s1. The van der Waals surface area contributed by atoms with E-state index in [1.807, 2.05) is 43.5 Å². The van der Waals surface area contributed by atoms with Gasteiger partial charge in [-0.25, -0.2) is 4.98 Å². The molecule has 2 atom stereocenters. The van der Waals surface area contributed by atoms with E-state index in [-0.39, 0.29) is 5.92 Å². The lowest BCUT2D eigenvalue weighted by Crippen LogP contribution is -2.41. The Kier molecular flexibility index (Phi) is 5.94. The van der Waals surface area contributed by atoms with Gasteiger partial charge in [-0.05, 0) is 18.1 Å². The zero-order valence-corrected chi connectivity index (χ0v) is 14.1. The molecular formula is C16H19ClN2O2S. The Hall–Kier alpha value is -1.43. The van der Waals surface area contributed by atoms with Gasteiger partial charge in [0.25, 0.3) is 0 Å². The summed E-state index contributed by atoms with van der Waals surface area (Å²) in [7, 11) is 0. The van der Waals surface area contributed by atoms with Crippen LogP contribution in [0.2, 0.25) is 5.02 Å². The number of carboxylic acid groups (broad SMARTS) is 1. The minimum atomic E-state index is -0.817. The van der Waals surface area contributed by atoms with Gasteiger partial charge in [0.15, 0.2) is 0 Å². The van der Waals surface area contributed by atoms with Gasteiger partial charge in [0.1, 0.15) is 11.0 Å². The molecule has 118 valence electrons. The van der Waals surface area contributed by atoms with Crippen molar-refractivity contribution in [3.05, 3.63) is 40.4 Å². The molecule has 0 bridgehead atoms. The molecule has 2 N–H and O–H groups in total. The minimum absolute atomic E-state index is 0.0758. The second-order valence-electron chi connectivity index (χ2n) is 5.23. The Labute approximate surface area is 139 Å². The molecular weight excluding hydrogens is 320 g/mol. The number of thiazole rings is 1. The molecule has 2 rings (SSSR count). The van der Waals surface area contributed by atoms with E-state index in [4.69, 9.17) is 11.6 Å². The van der Waals surface area contributed by atoms with Gasteiger partial charge in [0, 0.05) is 22.5 Å². The summed E-state index contributed by atoms with van der Waals surface area (Å²) in [6, 6.07) is 6.97. The van der Waals surface area contributed by atoms with Crippen molar-refractivity contribution in [3.8, 4) is 10.6 Å². The average molecular weight is 339 g/mol. The molecule has 0 saturated heterocycles. The predicted molar refractivity (Wildman–Crippen MR) is 90.3 cm³/mol. The van der Waals surface area contributed by atoms with E-state index in [1.54, 1.807) is 11.3 Å². The van der Waals surface area contributed by atoms with Crippen LogP contribution >= 0.6 is 22.9 Å². The molecule has 0 unspecified atom stereocenters. The first-order chi connectivity index (χ1) is 10.5. The summed E-state index contributed by atoms with van der Waals surface area (Å²) < 4.78 is 0. The SMILES string of the molecule is CC[C@H](C)[C@H](NCc1csc(-c2ccc(Cl)cc2)n1)C(=O)O. The van der Waals surface area contributed by atoms with Crippen LogP contribution in [0.5, 0.6) is 0 Å². The third-order valence-corrected chi connectivity index (χ3v) is 4.82. The van der Waals surface area contributed by atoms with E-state index in [2.05, 4.69) is 10.3 Å². The molecule has 0 saturated carbocycles. The zero-order valence-electron chi connectivity index (χ0n) is 12.5. The topological polar surface area (TPSA) is 62.2 Å². The minimum Gasteiger partial charge on any atom is -0.480 e. The summed E-state index contributed by atoms with van der Waals surface area (Å²) in [4.78, 5) is 15.8. The summed E-state index contributed by atoms with van der Waals surface area (Å²) in [5.74, 6) is -0.741. The van der Waals surface area contributed by atoms with Crippen molar-refractivity contribution in [1.29, 1.82) is 0 Å². The average Bonchev–Trinajstić information content (AvgIpc) is 2.96. The number of hydrogen-bond donors (Lipinski definition) is 2. The lowest BCUT2D eigenvalue weighted by atomic mass is 9.99. The first-order valence-corrected chi connectivity index (χ1v) is 8.43. The van der Waals surface area contributed by atoms with Crippen LogP contribution in [0, 0.1) is 5.92 Å². The van der Waals surface area contributed by atoms with E-state index >= 15 is 0 Å². The number of carboxylic acids is 1. The number of aromatic nitrogens is 1. The lowest BCUT2D eigenvalue weighted by Gasteiger charge is -2.19. The normalized spacial score (nSPS) is 13.8. The number of halogens is 1. The monoisotopic (exact) mass is 338 g/mol. The fraction of sp³-hybridized carbons (Fsp3) is 0.375. The summed E-state index contributed by atoms with van der Waals surface area (Å²) in [6.07, 6.45) is 0.817. The molecule has 22 heavy (non-hydrogen) atoms. The maximum Gasteiger partial charge on any atom is 0.320 e. The van der Waals surface area contributed by atoms with Crippen molar-refractivity contribution in [2.75, 3.05) is 0 Å². The van der Waals surface area contributed by atoms with Gasteiger partial charge in [0.2, 0.25) is 0 Å².